The van der Waals surface area contributed by atoms with E-state index in [1.807, 2.05) is 18.2 Å². The molecule has 0 saturated carbocycles. The van der Waals surface area contributed by atoms with E-state index >= 15 is 0 Å². The molecule has 0 aromatic heterocycles. The first kappa shape index (κ1) is 13.8. The van der Waals surface area contributed by atoms with E-state index < -0.39 is 5.97 Å². The van der Waals surface area contributed by atoms with Gasteiger partial charge in [-0.3, -0.25) is 0 Å². The summed E-state index contributed by atoms with van der Waals surface area (Å²) in [5, 5.41) is 8.52. The van der Waals surface area contributed by atoms with Crippen LogP contribution in [0.25, 0.3) is 6.08 Å². The fourth-order valence-electron chi connectivity index (χ4n) is 1.16. The lowest BCUT2D eigenvalue weighted by atomic mass is 10.2. The number of carbonyl (C=O) groups is 1. The summed E-state index contributed by atoms with van der Waals surface area (Å²) in [5.41, 5.74) is 0.816. The third kappa shape index (κ3) is 5.04. The van der Waals surface area contributed by atoms with Gasteiger partial charge in [0, 0.05) is 6.08 Å². The number of halogens is 1. The molecule has 0 heterocycles. The Labute approximate surface area is 109 Å². The molecule has 0 saturated heterocycles. The molecule has 0 fully saturated rings. The van der Waals surface area contributed by atoms with Crippen LogP contribution in [0.2, 0.25) is 0 Å². The molecule has 0 aliphatic heterocycles. The van der Waals surface area contributed by atoms with Gasteiger partial charge < -0.3 is 9.84 Å². The summed E-state index contributed by atoms with van der Waals surface area (Å²) in [7, 11) is 0. The summed E-state index contributed by atoms with van der Waals surface area (Å²) >= 11 is 3.40. The SMILES string of the molecule is CC(C)COc1ccc(/C=C/C(=O)O)cc1Br. The molecule has 1 aromatic carbocycles. The maximum atomic E-state index is 10.4. The highest BCUT2D eigenvalue weighted by Crippen LogP contribution is 2.26. The maximum Gasteiger partial charge on any atom is 0.328 e. The van der Waals surface area contributed by atoms with E-state index in [1.165, 1.54) is 0 Å². The van der Waals surface area contributed by atoms with Gasteiger partial charge in [0.2, 0.25) is 0 Å². The molecule has 0 spiro atoms. The Bertz CT molecular complexity index is 425. The fraction of sp³-hybridized carbons (Fsp3) is 0.308. The zero-order chi connectivity index (χ0) is 12.8. The minimum atomic E-state index is -0.957. The number of rotatable bonds is 5. The standard InChI is InChI=1S/C13H15BrO3/c1-9(2)8-17-12-5-3-10(7-11(12)14)4-6-13(15)16/h3-7,9H,8H2,1-2H3,(H,15,16)/b6-4+. The molecule has 0 bridgehead atoms. The number of hydrogen-bond acceptors (Lipinski definition) is 2. The zero-order valence-corrected chi connectivity index (χ0v) is 11.4. The number of carboxylic acid groups (broad SMARTS) is 1. The lowest BCUT2D eigenvalue weighted by molar-refractivity contribution is -0.131. The van der Waals surface area contributed by atoms with Crippen LogP contribution in [0.15, 0.2) is 28.7 Å². The molecule has 3 nitrogen and oxygen atoms in total. The van der Waals surface area contributed by atoms with Crippen LogP contribution in [0.1, 0.15) is 19.4 Å². The third-order valence-corrected chi connectivity index (χ3v) is 2.57. The Morgan fingerprint density at radius 2 is 2.24 bits per heavy atom. The summed E-state index contributed by atoms with van der Waals surface area (Å²) in [6, 6.07) is 5.48. The third-order valence-electron chi connectivity index (χ3n) is 1.95. The summed E-state index contributed by atoms with van der Waals surface area (Å²) < 4.78 is 6.42. The molecule has 0 atom stereocenters. The topological polar surface area (TPSA) is 46.5 Å². The molecule has 0 amide bonds. The van der Waals surface area contributed by atoms with E-state index in [1.54, 1.807) is 6.08 Å². The predicted octanol–water partition coefficient (Wildman–Crippen LogP) is 3.58. The van der Waals surface area contributed by atoms with E-state index in [2.05, 4.69) is 29.8 Å². The number of aliphatic carboxylic acids is 1. The van der Waals surface area contributed by atoms with Gasteiger partial charge >= 0.3 is 5.97 Å². The minimum Gasteiger partial charge on any atom is -0.492 e. The molecular weight excluding hydrogens is 284 g/mol. The van der Waals surface area contributed by atoms with Crippen LogP contribution in [0, 0.1) is 5.92 Å². The van der Waals surface area contributed by atoms with E-state index in [-0.39, 0.29) is 0 Å². The van der Waals surface area contributed by atoms with Gasteiger partial charge in [-0.1, -0.05) is 19.9 Å². The Hall–Kier alpha value is -1.29. The second-order valence-corrected chi connectivity index (χ2v) is 4.92. The number of carboxylic acids is 1. The first-order chi connectivity index (χ1) is 7.99. The predicted molar refractivity (Wildman–Crippen MR) is 71.1 cm³/mol. The summed E-state index contributed by atoms with van der Waals surface area (Å²) in [6.07, 6.45) is 2.65. The van der Waals surface area contributed by atoms with Crippen molar-refractivity contribution in [3.8, 4) is 5.75 Å². The van der Waals surface area contributed by atoms with Crippen LogP contribution >= 0.6 is 15.9 Å². The van der Waals surface area contributed by atoms with E-state index in [0.29, 0.717) is 12.5 Å². The molecule has 4 heteroatoms. The van der Waals surface area contributed by atoms with E-state index in [0.717, 1.165) is 21.9 Å². The highest BCUT2D eigenvalue weighted by Gasteiger charge is 2.03. The summed E-state index contributed by atoms with van der Waals surface area (Å²) in [6.45, 7) is 4.82. The first-order valence-corrected chi connectivity index (χ1v) is 6.11. The first-order valence-electron chi connectivity index (χ1n) is 5.32. The van der Waals surface area contributed by atoms with Crippen molar-refractivity contribution in [3.05, 3.63) is 34.3 Å². The van der Waals surface area contributed by atoms with Crippen molar-refractivity contribution >= 4 is 28.0 Å². The van der Waals surface area contributed by atoms with Crippen molar-refractivity contribution in [2.24, 2.45) is 5.92 Å². The summed E-state index contributed by atoms with van der Waals surface area (Å²) in [5.74, 6) is 0.279. The zero-order valence-electron chi connectivity index (χ0n) is 9.81. The Balaban J connectivity index is 2.75. The number of hydrogen-bond donors (Lipinski definition) is 1. The minimum absolute atomic E-state index is 0.466. The van der Waals surface area contributed by atoms with Gasteiger partial charge in [-0.05, 0) is 45.6 Å². The van der Waals surface area contributed by atoms with E-state index in [4.69, 9.17) is 9.84 Å². The second kappa shape index (κ2) is 6.45. The molecule has 1 N–H and O–H groups in total. The van der Waals surface area contributed by atoms with Gasteiger partial charge in [0.25, 0.3) is 0 Å². The fourth-order valence-corrected chi connectivity index (χ4v) is 1.67. The van der Waals surface area contributed by atoms with Crippen molar-refractivity contribution in [3.63, 3.8) is 0 Å². The molecule has 0 unspecified atom stereocenters. The molecule has 17 heavy (non-hydrogen) atoms. The van der Waals surface area contributed by atoms with Crippen molar-refractivity contribution in [2.45, 2.75) is 13.8 Å². The average molecular weight is 299 g/mol. The quantitative estimate of drug-likeness (QED) is 0.845. The normalized spacial score (nSPS) is 11.1. The molecular formula is C13H15BrO3. The van der Waals surface area contributed by atoms with Crippen LogP contribution in [-0.4, -0.2) is 17.7 Å². The summed E-state index contributed by atoms with van der Waals surface area (Å²) in [4.78, 5) is 10.4. The molecule has 1 aromatic rings. The van der Waals surface area contributed by atoms with Crippen molar-refractivity contribution in [1.29, 1.82) is 0 Å². The molecule has 0 radical (unpaired) electrons. The van der Waals surface area contributed by atoms with Crippen molar-refractivity contribution < 1.29 is 14.6 Å². The largest absolute Gasteiger partial charge is 0.492 e. The van der Waals surface area contributed by atoms with Gasteiger partial charge in [0.1, 0.15) is 5.75 Å². The second-order valence-electron chi connectivity index (χ2n) is 4.07. The van der Waals surface area contributed by atoms with Crippen LogP contribution in [0.5, 0.6) is 5.75 Å². The number of benzene rings is 1. The van der Waals surface area contributed by atoms with Gasteiger partial charge in [-0.2, -0.15) is 0 Å². The van der Waals surface area contributed by atoms with Gasteiger partial charge in [0.05, 0.1) is 11.1 Å². The van der Waals surface area contributed by atoms with Gasteiger partial charge in [0.15, 0.2) is 0 Å². The lowest BCUT2D eigenvalue weighted by Gasteiger charge is -2.10. The Kier molecular flexibility index (Phi) is 5.22. The average Bonchev–Trinajstić information content (AvgIpc) is 2.24. The Morgan fingerprint density at radius 1 is 1.53 bits per heavy atom. The molecule has 92 valence electrons. The van der Waals surface area contributed by atoms with Crippen LogP contribution in [0.4, 0.5) is 0 Å². The van der Waals surface area contributed by atoms with Crippen LogP contribution in [-0.2, 0) is 4.79 Å². The maximum absolute atomic E-state index is 10.4. The van der Waals surface area contributed by atoms with Crippen LogP contribution < -0.4 is 4.74 Å². The molecule has 0 aliphatic carbocycles. The number of ether oxygens (including phenoxy) is 1. The van der Waals surface area contributed by atoms with Crippen molar-refractivity contribution in [2.75, 3.05) is 6.61 Å². The van der Waals surface area contributed by atoms with Crippen LogP contribution in [0.3, 0.4) is 0 Å². The highest BCUT2D eigenvalue weighted by atomic mass is 79.9. The molecule has 1 rings (SSSR count). The smallest absolute Gasteiger partial charge is 0.328 e. The Morgan fingerprint density at radius 3 is 2.76 bits per heavy atom. The van der Waals surface area contributed by atoms with Gasteiger partial charge in [-0.15, -0.1) is 0 Å². The lowest BCUT2D eigenvalue weighted by Crippen LogP contribution is -2.04. The highest BCUT2D eigenvalue weighted by molar-refractivity contribution is 9.10. The van der Waals surface area contributed by atoms with Crippen molar-refractivity contribution in [1.82, 2.24) is 0 Å². The van der Waals surface area contributed by atoms with Gasteiger partial charge in [-0.25, -0.2) is 4.79 Å². The molecule has 0 aliphatic rings. The monoisotopic (exact) mass is 298 g/mol. The van der Waals surface area contributed by atoms with E-state index in [9.17, 15) is 4.79 Å².